The summed E-state index contributed by atoms with van der Waals surface area (Å²) in [7, 11) is -3.60. The Kier molecular flexibility index (Phi) is 7.20. The van der Waals surface area contributed by atoms with Gasteiger partial charge < -0.3 is 11.1 Å². The summed E-state index contributed by atoms with van der Waals surface area (Å²) in [5.74, 6) is -0.188. The van der Waals surface area contributed by atoms with Crippen molar-refractivity contribution in [2.45, 2.75) is 69.2 Å². The van der Waals surface area contributed by atoms with E-state index in [1.165, 1.54) is 5.56 Å². The monoisotopic (exact) mass is 381 g/mol. The van der Waals surface area contributed by atoms with Crippen molar-refractivity contribution < 1.29 is 13.2 Å². The van der Waals surface area contributed by atoms with E-state index in [1.807, 2.05) is 19.9 Å². The van der Waals surface area contributed by atoms with E-state index in [2.05, 4.69) is 10.0 Å². The third kappa shape index (κ3) is 5.05. The van der Waals surface area contributed by atoms with Crippen LogP contribution in [0.5, 0.6) is 0 Å². The standard InChI is InChI=1S/C19H31N3O3S/c1-3-19(4-2,14-20)22-18(23)11-12-21-26(24,25)17-10-9-15-7-5-6-8-16(15)13-17/h9-10,13,21H,3-8,11-12,14,20H2,1-2H3,(H,22,23). The lowest BCUT2D eigenvalue weighted by atomic mass is 9.92. The van der Waals surface area contributed by atoms with Crippen LogP contribution < -0.4 is 15.8 Å². The fraction of sp³-hybridized carbons (Fsp3) is 0.632. The van der Waals surface area contributed by atoms with Crippen LogP contribution in [0.1, 0.15) is 57.1 Å². The summed E-state index contributed by atoms with van der Waals surface area (Å²) in [6.07, 6.45) is 5.77. The number of carbonyl (C=O) groups excluding carboxylic acids is 1. The maximum Gasteiger partial charge on any atom is 0.240 e. The molecule has 1 aromatic carbocycles. The molecule has 1 aliphatic carbocycles. The van der Waals surface area contributed by atoms with Gasteiger partial charge in [-0.3, -0.25) is 4.79 Å². The van der Waals surface area contributed by atoms with E-state index in [9.17, 15) is 13.2 Å². The van der Waals surface area contributed by atoms with Gasteiger partial charge in [0.2, 0.25) is 15.9 Å². The molecule has 0 saturated heterocycles. The number of benzene rings is 1. The maximum absolute atomic E-state index is 12.5. The Morgan fingerprint density at radius 1 is 1.15 bits per heavy atom. The number of fused-ring (bicyclic) bond motifs is 1. The van der Waals surface area contributed by atoms with Gasteiger partial charge >= 0.3 is 0 Å². The van der Waals surface area contributed by atoms with E-state index >= 15 is 0 Å². The molecule has 26 heavy (non-hydrogen) atoms. The molecule has 0 saturated carbocycles. The van der Waals surface area contributed by atoms with Crippen LogP contribution in [0.2, 0.25) is 0 Å². The van der Waals surface area contributed by atoms with Crippen molar-refractivity contribution in [3.8, 4) is 0 Å². The fourth-order valence-electron chi connectivity index (χ4n) is 3.38. The van der Waals surface area contributed by atoms with Crippen LogP contribution >= 0.6 is 0 Å². The molecule has 0 bridgehead atoms. The smallest absolute Gasteiger partial charge is 0.240 e. The van der Waals surface area contributed by atoms with Crippen LogP contribution in [0.25, 0.3) is 0 Å². The molecule has 0 unspecified atom stereocenters. The summed E-state index contributed by atoms with van der Waals surface area (Å²) in [6, 6.07) is 5.33. The highest BCUT2D eigenvalue weighted by atomic mass is 32.2. The minimum atomic E-state index is -3.60. The molecule has 1 aromatic rings. The molecule has 1 aliphatic rings. The lowest BCUT2D eigenvalue weighted by Gasteiger charge is -2.31. The molecular weight excluding hydrogens is 350 g/mol. The molecule has 0 radical (unpaired) electrons. The van der Waals surface area contributed by atoms with Crippen molar-refractivity contribution >= 4 is 15.9 Å². The van der Waals surface area contributed by atoms with Gasteiger partial charge in [-0.25, -0.2) is 13.1 Å². The number of hydrogen-bond donors (Lipinski definition) is 3. The van der Waals surface area contributed by atoms with Crippen LogP contribution in [-0.4, -0.2) is 33.0 Å². The summed E-state index contributed by atoms with van der Waals surface area (Å²) in [5, 5.41) is 2.95. The highest BCUT2D eigenvalue weighted by molar-refractivity contribution is 7.89. The Bertz CT molecular complexity index is 719. The average Bonchev–Trinajstić information content (AvgIpc) is 2.65. The van der Waals surface area contributed by atoms with Crippen molar-refractivity contribution in [1.82, 2.24) is 10.0 Å². The second-order valence-electron chi connectivity index (χ2n) is 7.03. The normalized spacial score (nSPS) is 14.7. The molecule has 0 heterocycles. The summed E-state index contributed by atoms with van der Waals surface area (Å²) < 4.78 is 27.5. The summed E-state index contributed by atoms with van der Waals surface area (Å²) in [5.41, 5.74) is 7.74. The Morgan fingerprint density at radius 3 is 2.42 bits per heavy atom. The van der Waals surface area contributed by atoms with E-state index in [0.717, 1.165) is 44.1 Å². The predicted molar refractivity (Wildman–Crippen MR) is 103 cm³/mol. The largest absolute Gasteiger partial charge is 0.349 e. The van der Waals surface area contributed by atoms with Crippen molar-refractivity contribution in [1.29, 1.82) is 0 Å². The van der Waals surface area contributed by atoms with E-state index < -0.39 is 15.6 Å². The molecule has 0 aromatic heterocycles. The molecule has 146 valence electrons. The molecule has 0 fully saturated rings. The number of nitrogens with one attached hydrogen (secondary N) is 2. The lowest BCUT2D eigenvalue weighted by Crippen LogP contribution is -2.53. The Hall–Kier alpha value is -1.44. The van der Waals surface area contributed by atoms with E-state index in [0.29, 0.717) is 6.54 Å². The van der Waals surface area contributed by atoms with Crippen LogP contribution in [0.15, 0.2) is 23.1 Å². The molecule has 2 rings (SSSR count). The fourth-order valence-corrected chi connectivity index (χ4v) is 4.47. The van der Waals surface area contributed by atoms with Crippen LogP contribution in [0.3, 0.4) is 0 Å². The number of nitrogens with two attached hydrogens (primary N) is 1. The topological polar surface area (TPSA) is 101 Å². The van der Waals surface area contributed by atoms with Gasteiger partial charge in [0, 0.05) is 19.5 Å². The van der Waals surface area contributed by atoms with Crippen molar-refractivity contribution in [2.24, 2.45) is 5.73 Å². The molecule has 0 atom stereocenters. The van der Waals surface area contributed by atoms with Gasteiger partial charge in [0.05, 0.1) is 10.4 Å². The van der Waals surface area contributed by atoms with Crippen LogP contribution in [0, 0.1) is 0 Å². The summed E-state index contributed by atoms with van der Waals surface area (Å²) in [4.78, 5) is 12.4. The molecule has 6 nitrogen and oxygen atoms in total. The van der Waals surface area contributed by atoms with Gasteiger partial charge in [0.25, 0.3) is 0 Å². The molecule has 0 aliphatic heterocycles. The Morgan fingerprint density at radius 2 is 1.81 bits per heavy atom. The average molecular weight is 382 g/mol. The third-order valence-electron chi connectivity index (χ3n) is 5.42. The van der Waals surface area contributed by atoms with Crippen LogP contribution in [-0.2, 0) is 27.7 Å². The first-order chi connectivity index (χ1) is 12.4. The number of carbonyl (C=O) groups is 1. The van der Waals surface area contributed by atoms with Gasteiger partial charge in [0.15, 0.2) is 0 Å². The zero-order valence-corrected chi connectivity index (χ0v) is 16.6. The minimum Gasteiger partial charge on any atom is -0.349 e. The number of sulfonamides is 1. The second-order valence-corrected chi connectivity index (χ2v) is 8.79. The van der Waals surface area contributed by atoms with Gasteiger partial charge in [-0.1, -0.05) is 19.9 Å². The van der Waals surface area contributed by atoms with Crippen molar-refractivity contribution in [3.05, 3.63) is 29.3 Å². The predicted octanol–water partition coefficient (Wildman–Crippen LogP) is 1.87. The summed E-state index contributed by atoms with van der Waals surface area (Å²) >= 11 is 0. The first-order valence-corrected chi connectivity index (χ1v) is 11.0. The second kappa shape index (κ2) is 8.97. The molecule has 0 spiro atoms. The minimum absolute atomic E-state index is 0.0688. The van der Waals surface area contributed by atoms with Gasteiger partial charge in [-0.15, -0.1) is 0 Å². The zero-order chi connectivity index (χ0) is 19.2. The Balaban J connectivity index is 1.93. The van der Waals surface area contributed by atoms with E-state index in [4.69, 9.17) is 5.73 Å². The molecule has 4 N–H and O–H groups in total. The highest BCUT2D eigenvalue weighted by Crippen LogP contribution is 2.24. The molecule has 7 heteroatoms. The number of hydrogen-bond acceptors (Lipinski definition) is 4. The van der Waals surface area contributed by atoms with E-state index in [-0.39, 0.29) is 23.8 Å². The van der Waals surface area contributed by atoms with Gasteiger partial charge in [-0.2, -0.15) is 0 Å². The van der Waals surface area contributed by atoms with Gasteiger partial charge in [0.1, 0.15) is 0 Å². The Labute approximate surface area is 157 Å². The molecular formula is C19H31N3O3S. The first-order valence-electron chi connectivity index (χ1n) is 9.48. The lowest BCUT2D eigenvalue weighted by molar-refractivity contribution is -0.122. The SMILES string of the molecule is CCC(CC)(CN)NC(=O)CCNS(=O)(=O)c1ccc2c(c1)CCCC2. The van der Waals surface area contributed by atoms with Gasteiger partial charge in [-0.05, 0) is 61.8 Å². The number of amides is 1. The zero-order valence-electron chi connectivity index (χ0n) is 15.8. The third-order valence-corrected chi connectivity index (χ3v) is 6.88. The van der Waals surface area contributed by atoms with Crippen molar-refractivity contribution in [2.75, 3.05) is 13.1 Å². The highest BCUT2D eigenvalue weighted by Gasteiger charge is 2.26. The first kappa shape index (κ1) is 20.9. The van der Waals surface area contributed by atoms with Crippen molar-refractivity contribution in [3.63, 3.8) is 0 Å². The quantitative estimate of drug-likeness (QED) is 0.608. The van der Waals surface area contributed by atoms with Crippen LogP contribution in [0.4, 0.5) is 0 Å². The molecule has 1 amide bonds. The maximum atomic E-state index is 12.5. The number of aryl methyl sites for hydroxylation is 2. The summed E-state index contributed by atoms with van der Waals surface area (Å²) in [6.45, 7) is 4.40. The number of rotatable bonds is 9. The van der Waals surface area contributed by atoms with E-state index in [1.54, 1.807) is 12.1 Å².